The van der Waals surface area contributed by atoms with Crippen molar-refractivity contribution in [3.05, 3.63) is 76.4 Å². The van der Waals surface area contributed by atoms with E-state index >= 15 is 0 Å². The molecule has 0 unspecified atom stereocenters. The lowest BCUT2D eigenvalue weighted by atomic mass is 10.1. The number of morpholine rings is 1. The van der Waals surface area contributed by atoms with E-state index in [1.54, 1.807) is 18.2 Å². The van der Waals surface area contributed by atoms with Crippen LogP contribution in [-0.2, 0) is 27.1 Å². The van der Waals surface area contributed by atoms with E-state index in [0.29, 0.717) is 48.3 Å². The zero-order valence-electron chi connectivity index (χ0n) is 16.8. The number of amides is 1. The summed E-state index contributed by atoms with van der Waals surface area (Å²) in [6, 6.07) is 16.0. The number of hydrogen-bond acceptors (Lipinski definition) is 5. The topological polar surface area (TPSA) is 88.6 Å². The molecule has 162 valence electrons. The minimum Gasteiger partial charge on any atom is -0.379 e. The van der Waals surface area contributed by atoms with Crippen LogP contribution in [0.15, 0.2) is 54.6 Å². The molecule has 1 saturated heterocycles. The second-order valence-electron chi connectivity index (χ2n) is 7.23. The highest BCUT2D eigenvalue weighted by molar-refractivity contribution is 7.88. The molecule has 1 aromatic heterocycles. The number of ether oxygens (including phenoxy) is 1. The molecule has 9 heteroatoms. The number of halogens is 1. The normalized spacial score (nSPS) is 15.1. The van der Waals surface area contributed by atoms with Crippen LogP contribution in [0.1, 0.15) is 21.5 Å². The molecule has 1 fully saturated rings. The fourth-order valence-electron chi connectivity index (χ4n) is 3.59. The van der Waals surface area contributed by atoms with Gasteiger partial charge in [-0.15, -0.1) is 0 Å². The molecule has 0 atom stereocenters. The number of rotatable bonds is 6. The van der Waals surface area contributed by atoms with Crippen LogP contribution in [0.3, 0.4) is 0 Å². The molecule has 4 rings (SSSR count). The first-order valence-electron chi connectivity index (χ1n) is 9.90. The van der Waals surface area contributed by atoms with E-state index in [0.717, 1.165) is 5.56 Å². The number of nitrogens with zero attached hydrogens (tertiary/aromatic N) is 2. The van der Waals surface area contributed by atoms with E-state index in [-0.39, 0.29) is 23.4 Å². The number of carbonyl (C=O) groups is 1. The Hall–Kier alpha value is -2.52. The predicted octanol–water partition coefficient (Wildman–Crippen LogP) is 2.98. The van der Waals surface area contributed by atoms with E-state index in [4.69, 9.17) is 16.3 Å². The number of para-hydroxylation sites is 1. The molecule has 1 N–H and O–H groups in total. The lowest BCUT2D eigenvalue weighted by Gasteiger charge is -2.26. The molecule has 3 aromatic rings. The van der Waals surface area contributed by atoms with Crippen LogP contribution in [-0.4, -0.2) is 49.9 Å². The van der Waals surface area contributed by atoms with Crippen LogP contribution < -0.4 is 5.32 Å². The first-order valence-corrected chi connectivity index (χ1v) is 11.9. The second-order valence-corrected chi connectivity index (χ2v) is 9.58. The van der Waals surface area contributed by atoms with Gasteiger partial charge in [-0.05, 0) is 23.3 Å². The van der Waals surface area contributed by atoms with Gasteiger partial charge < -0.3 is 10.1 Å². The zero-order valence-corrected chi connectivity index (χ0v) is 18.3. The quantitative estimate of drug-likeness (QED) is 0.572. The number of aromatic nitrogens is 1. The summed E-state index contributed by atoms with van der Waals surface area (Å²) >= 11 is 6.09. The van der Waals surface area contributed by atoms with Gasteiger partial charge in [0.1, 0.15) is 5.15 Å². The molecular weight excluding hydrogens is 438 g/mol. The Morgan fingerprint density at radius 3 is 2.52 bits per heavy atom. The minimum absolute atomic E-state index is 0.122. The van der Waals surface area contributed by atoms with E-state index in [2.05, 4.69) is 10.3 Å². The third kappa shape index (κ3) is 5.04. The summed E-state index contributed by atoms with van der Waals surface area (Å²) in [4.78, 5) is 17.1. The van der Waals surface area contributed by atoms with Crippen molar-refractivity contribution in [3.63, 3.8) is 0 Å². The average molecular weight is 460 g/mol. The number of benzene rings is 2. The van der Waals surface area contributed by atoms with Crippen molar-refractivity contribution >= 4 is 38.4 Å². The summed E-state index contributed by atoms with van der Waals surface area (Å²) in [7, 11) is -3.47. The van der Waals surface area contributed by atoms with Crippen molar-refractivity contribution in [3.8, 4) is 0 Å². The molecule has 0 spiro atoms. The summed E-state index contributed by atoms with van der Waals surface area (Å²) in [5, 5.41) is 3.82. The lowest BCUT2D eigenvalue weighted by molar-refractivity contribution is 0.0729. The largest absolute Gasteiger partial charge is 0.379 e. The van der Waals surface area contributed by atoms with Gasteiger partial charge in [-0.3, -0.25) is 4.79 Å². The van der Waals surface area contributed by atoms with Crippen LogP contribution in [0, 0.1) is 0 Å². The maximum absolute atomic E-state index is 12.9. The third-order valence-corrected chi connectivity index (χ3v) is 7.21. The van der Waals surface area contributed by atoms with Crippen molar-refractivity contribution in [2.24, 2.45) is 0 Å². The molecule has 0 aliphatic carbocycles. The summed E-state index contributed by atoms with van der Waals surface area (Å²) in [5.74, 6) is -0.422. The SMILES string of the molecule is O=C(NCc1ccccc1CS(=O)(=O)N1CCOCC1)c1cc(Cl)nc2ccccc12. The summed E-state index contributed by atoms with van der Waals surface area (Å²) in [6.45, 7) is 1.72. The van der Waals surface area contributed by atoms with Gasteiger partial charge in [0.25, 0.3) is 5.91 Å². The zero-order chi connectivity index (χ0) is 21.8. The van der Waals surface area contributed by atoms with Crippen molar-refractivity contribution < 1.29 is 17.9 Å². The number of pyridine rings is 1. The molecule has 0 bridgehead atoms. The Balaban J connectivity index is 1.52. The van der Waals surface area contributed by atoms with Crippen LogP contribution in [0.2, 0.25) is 5.15 Å². The van der Waals surface area contributed by atoms with Gasteiger partial charge >= 0.3 is 0 Å². The number of hydrogen-bond donors (Lipinski definition) is 1. The Morgan fingerprint density at radius 2 is 1.74 bits per heavy atom. The van der Waals surface area contributed by atoms with Gasteiger partial charge in [-0.2, -0.15) is 4.31 Å². The van der Waals surface area contributed by atoms with Gasteiger partial charge in [-0.1, -0.05) is 54.1 Å². The van der Waals surface area contributed by atoms with Crippen molar-refractivity contribution in [2.45, 2.75) is 12.3 Å². The summed E-state index contributed by atoms with van der Waals surface area (Å²) in [6.07, 6.45) is 0. The molecule has 2 aromatic carbocycles. The van der Waals surface area contributed by atoms with Crippen molar-refractivity contribution in [1.29, 1.82) is 0 Å². The van der Waals surface area contributed by atoms with E-state index in [9.17, 15) is 13.2 Å². The van der Waals surface area contributed by atoms with Crippen LogP contribution in [0.25, 0.3) is 10.9 Å². The third-order valence-electron chi connectivity index (χ3n) is 5.19. The van der Waals surface area contributed by atoms with Gasteiger partial charge in [-0.25, -0.2) is 13.4 Å². The Morgan fingerprint density at radius 1 is 1.06 bits per heavy atom. The van der Waals surface area contributed by atoms with Crippen molar-refractivity contribution in [1.82, 2.24) is 14.6 Å². The molecular formula is C22H22ClN3O4S. The van der Waals surface area contributed by atoms with Crippen LogP contribution in [0.5, 0.6) is 0 Å². The fraction of sp³-hybridized carbons (Fsp3) is 0.273. The molecule has 0 radical (unpaired) electrons. The fourth-order valence-corrected chi connectivity index (χ4v) is 5.35. The molecule has 1 aliphatic heterocycles. The highest BCUT2D eigenvalue weighted by atomic mass is 35.5. The number of sulfonamides is 1. The standard InChI is InChI=1S/C22H22ClN3O4S/c23-21-13-19(18-7-3-4-8-20(18)25-21)22(27)24-14-16-5-1-2-6-17(16)15-31(28,29)26-9-11-30-12-10-26/h1-8,13H,9-12,14-15H2,(H,24,27). The maximum Gasteiger partial charge on any atom is 0.252 e. The molecule has 31 heavy (non-hydrogen) atoms. The first-order chi connectivity index (χ1) is 14.9. The van der Waals surface area contributed by atoms with Crippen LogP contribution >= 0.6 is 11.6 Å². The second kappa shape index (κ2) is 9.32. The Labute approximate surface area is 186 Å². The Kier molecular flexibility index (Phi) is 6.52. The van der Waals surface area contributed by atoms with E-state index < -0.39 is 10.0 Å². The number of nitrogens with one attached hydrogen (secondary N) is 1. The summed E-state index contributed by atoms with van der Waals surface area (Å²) < 4.78 is 32.3. The number of fused-ring (bicyclic) bond motifs is 1. The van der Waals surface area contributed by atoms with Crippen molar-refractivity contribution in [2.75, 3.05) is 26.3 Å². The minimum atomic E-state index is -3.47. The molecule has 2 heterocycles. The monoisotopic (exact) mass is 459 g/mol. The molecule has 1 amide bonds. The lowest BCUT2D eigenvalue weighted by Crippen LogP contribution is -2.41. The Bertz CT molecular complexity index is 1210. The molecule has 0 saturated carbocycles. The van der Waals surface area contributed by atoms with Gasteiger partial charge in [0.2, 0.25) is 10.0 Å². The first kappa shape index (κ1) is 21.7. The van der Waals surface area contributed by atoms with Gasteiger partial charge in [0, 0.05) is 25.0 Å². The van der Waals surface area contributed by atoms with Crippen LogP contribution in [0.4, 0.5) is 0 Å². The van der Waals surface area contributed by atoms with Gasteiger partial charge in [0.05, 0.1) is 30.0 Å². The molecule has 1 aliphatic rings. The van der Waals surface area contributed by atoms with E-state index in [1.807, 2.05) is 30.3 Å². The number of carbonyl (C=O) groups excluding carboxylic acids is 1. The highest BCUT2D eigenvalue weighted by Gasteiger charge is 2.25. The maximum atomic E-state index is 12.9. The van der Waals surface area contributed by atoms with E-state index in [1.165, 1.54) is 10.4 Å². The summed E-state index contributed by atoms with van der Waals surface area (Å²) in [5.41, 5.74) is 2.47. The van der Waals surface area contributed by atoms with Gasteiger partial charge in [0.15, 0.2) is 0 Å². The predicted molar refractivity (Wildman–Crippen MR) is 119 cm³/mol. The highest BCUT2D eigenvalue weighted by Crippen LogP contribution is 2.21. The average Bonchev–Trinajstić information content (AvgIpc) is 2.78. The molecule has 7 nitrogen and oxygen atoms in total. The smallest absolute Gasteiger partial charge is 0.252 e.